The summed E-state index contributed by atoms with van der Waals surface area (Å²) >= 11 is 0. The van der Waals surface area contributed by atoms with Crippen LogP contribution < -0.4 is 27.0 Å². The fourth-order valence-corrected chi connectivity index (χ4v) is 13.9. The second-order valence-corrected chi connectivity index (χ2v) is 27.8. The van der Waals surface area contributed by atoms with Gasteiger partial charge in [0.25, 0.3) is 0 Å². The molecule has 2 aliphatic heterocycles. The fourth-order valence-electron chi connectivity index (χ4n) is 13.9. The van der Waals surface area contributed by atoms with Crippen LogP contribution in [0.5, 0.6) is 0 Å². The maximum atomic E-state index is 14.7. The predicted octanol–water partition coefficient (Wildman–Crippen LogP) is 7.45. The molecule has 0 unspecified atom stereocenters. The first-order valence-corrected chi connectivity index (χ1v) is 34.3. The molecule has 2 fully saturated rings. The monoisotopic (exact) mass is 1330 g/mol. The minimum absolute atomic E-state index is 0.0107. The Labute approximate surface area is 564 Å². The molecule has 0 aliphatic carbocycles. The number of nitrogens with one attached hydrogen (secondary N) is 4. The first kappa shape index (κ1) is 80.3. The van der Waals surface area contributed by atoms with Gasteiger partial charge in [0.1, 0.15) is 5.78 Å². The van der Waals surface area contributed by atoms with Gasteiger partial charge in [0.05, 0.1) is 48.7 Å². The van der Waals surface area contributed by atoms with Crippen LogP contribution in [0.15, 0.2) is 54.6 Å². The van der Waals surface area contributed by atoms with Crippen molar-refractivity contribution in [2.24, 2.45) is 59.0 Å². The molecule has 0 radical (unpaired) electrons. The number of urea groups is 1. The summed E-state index contributed by atoms with van der Waals surface area (Å²) in [5.74, 6) is -7.47. The summed E-state index contributed by atoms with van der Waals surface area (Å²) in [6.45, 7) is 20.0. The Morgan fingerprint density at radius 2 is 1.35 bits per heavy atom. The molecule has 8 amide bonds. The molecule has 0 bridgehead atoms. The lowest BCUT2D eigenvalue weighted by Crippen LogP contribution is -2.54. The third-order valence-electron chi connectivity index (χ3n) is 19.5. The van der Waals surface area contributed by atoms with Crippen LogP contribution >= 0.6 is 0 Å². The predicted molar refractivity (Wildman–Crippen MR) is 364 cm³/mol. The first-order valence-electron chi connectivity index (χ1n) is 34.3. The molecule has 7 N–H and O–H groups in total. The Balaban J connectivity index is 1.44. The van der Waals surface area contributed by atoms with Crippen LogP contribution in [0.2, 0.25) is 0 Å². The second-order valence-electron chi connectivity index (χ2n) is 27.8. The van der Waals surface area contributed by atoms with E-state index in [9.17, 15) is 57.8 Å². The number of amides is 8. The van der Waals surface area contributed by atoms with Crippen LogP contribution in [0.25, 0.3) is 0 Å². The fraction of sp³-hybridized carbons (Fsp3) is 0.681. The van der Waals surface area contributed by atoms with Gasteiger partial charge in [0.15, 0.2) is 11.6 Å². The quantitative estimate of drug-likeness (QED) is 0.0353. The maximum Gasteiger partial charge on any atom is 0.312 e. The smallest absolute Gasteiger partial charge is 0.312 e. The number of carbonyl (C=O) groups is 11. The van der Waals surface area contributed by atoms with E-state index in [1.54, 1.807) is 80.8 Å². The number of ether oxygens (including phenoxy) is 2. The number of carboxylic acids is 1. The molecule has 2 aliphatic rings. The van der Waals surface area contributed by atoms with Gasteiger partial charge in [0.2, 0.25) is 35.4 Å². The van der Waals surface area contributed by atoms with Crippen LogP contribution in [-0.4, -0.2) is 187 Å². The number of nitrogens with zero attached hydrogens (tertiary/aromatic N) is 4. The van der Waals surface area contributed by atoms with E-state index in [2.05, 4.69) is 21.3 Å². The number of nitrogens with two attached hydrogens (primary N) is 1. The molecule has 23 nitrogen and oxygen atoms in total. The third kappa shape index (κ3) is 24.2. The normalized spacial score (nSPS) is 19.0. The molecule has 0 saturated carbocycles. The zero-order chi connectivity index (χ0) is 71.0. The summed E-state index contributed by atoms with van der Waals surface area (Å²) in [5, 5.41) is 20.6. The van der Waals surface area contributed by atoms with Crippen molar-refractivity contribution in [1.29, 1.82) is 0 Å². The number of piperidine rings is 1. The highest BCUT2D eigenvalue weighted by Gasteiger charge is 2.44. The highest BCUT2D eigenvalue weighted by Crippen LogP contribution is 2.33. The van der Waals surface area contributed by atoms with Gasteiger partial charge in [-0.1, -0.05) is 111 Å². The summed E-state index contributed by atoms with van der Waals surface area (Å²) < 4.78 is 12.3. The summed E-state index contributed by atoms with van der Waals surface area (Å²) in [7, 11) is 8.58. The Kier molecular flexibility index (Phi) is 33.1. The van der Waals surface area contributed by atoms with Crippen LogP contribution in [0.4, 0.5) is 10.5 Å². The number of benzene rings is 2. The average Bonchev–Trinajstić information content (AvgIpc) is 1.81. The summed E-state index contributed by atoms with van der Waals surface area (Å²) in [5.41, 5.74) is 7.24. The van der Waals surface area contributed by atoms with Crippen molar-refractivity contribution in [3.8, 4) is 0 Å². The van der Waals surface area contributed by atoms with E-state index in [0.717, 1.165) is 5.56 Å². The Morgan fingerprint density at radius 1 is 0.695 bits per heavy atom. The van der Waals surface area contributed by atoms with Crippen molar-refractivity contribution in [1.82, 2.24) is 35.6 Å². The molecule has 2 aromatic rings. The van der Waals surface area contributed by atoms with Crippen molar-refractivity contribution in [2.45, 2.75) is 208 Å². The number of ketones is 3. The number of methoxy groups -OCH3 is 2. The van der Waals surface area contributed by atoms with Gasteiger partial charge in [-0.3, -0.25) is 52.8 Å². The van der Waals surface area contributed by atoms with Crippen molar-refractivity contribution in [3.63, 3.8) is 0 Å². The van der Waals surface area contributed by atoms with Crippen LogP contribution in [0, 0.1) is 53.3 Å². The van der Waals surface area contributed by atoms with Gasteiger partial charge in [-0.05, 0) is 113 Å². The molecule has 0 spiro atoms. The number of hydrogen-bond acceptors (Lipinski definition) is 14. The Morgan fingerprint density at radius 3 is 1.91 bits per heavy atom. The molecule has 95 heavy (non-hydrogen) atoms. The molecule has 530 valence electrons. The van der Waals surface area contributed by atoms with Crippen LogP contribution in [0.3, 0.4) is 0 Å². The number of likely N-dealkylation sites (N-methyl/N-ethyl adjacent to an activating group) is 2. The molecule has 2 heterocycles. The lowest BCUT2D eigenvalue weighted by Gasteiger charge is -2.41. The molecular formula is C72H113N9O14. The molecule has 23 heteroatoms. The Bertz CT molecular complexity index is 2860. The topological polar surface area (TPSA) is 314 Å². The zero-order valence-corrected chi connectivity index (χ0v) is 59.3. The number of Topliss-reactive ketones (excluding diaryl/α,β-unsaturated/α-hetero) is 3. The van der Waals surface area contributed by atoms with Gasteiger partial charge in [-0.25, -0.2) is 4.79 Å². The number of carbonyl (C=O) groups excluding carboxylic acids is 10. The van der Waals surface area contributed by atoms with E-state index in [4.69, 9.17) is 15.2 Å². The molecule has 4 rings (SSSR count). The van der Waals surface area contributed by atoms with Gasteiger partial charge in [-0.15, -0.1) is 0 Å². The van der Waals surface area contributed by atoms with Gasteiger partial charge < -0.3 is 56.3 Å². The van der Waals surface area contributed by atoms with Crippen molar-refractivity contribution < 1.29 is 67.3 Å². The molecule has 2 saturated heterocycles. The first-order chi connectivity index (χ1) is 44.8. The largest absolute Gasteiger partial charge is 0.481 e. The highest BCUT2D eigenvalue weighted by molar-refractivity contribution is 5.98. The summed E-state index contributed by atoms with van der Waals surface area (Å²) in [6.07, 6.45) is 1.37. The SMILES string of the molecule is CC[C@H](C)[C@@H]([C@@H](CC(=O)N1CCC[C@H]1[C@H](OC)[C@@H](C)C(=O)C[C@@H](Cc1ccccc1)C(=O)NCc1ccc(NC(=O)[C@H](CCCNC(N)=O)CC(=O)[C@@H](NC(=O)CCC(=O)N2CC[C@H](C(=O)O)C[C@@H]2C)C(C)C)cc1)OC)N(C)C(=O)[C@@H](CC(=O)[C@H](C(C)C)N(C)C)C(C)C. The summed E-state index contributed by atoms with van der Waals surface area (Å²) in [6, 6.07) is 12.9. The van der Waals surface area contributed by atoms with Crippen molar-refractivity contribution >= 4 is 70.5 Å². The number of primary amides is 1. The van der Waals surface area contributed by atoms with Gasteiger partial charge >= 0.3 is 12.0 Å². The number of hydrogen-bond donors (Lipinski definition) is 6. The lowest BCUT2D eigenvalue weighted by atomic mass is 9.83. The molecule has 13 atom stereocenters. The number of aliphatic carboxylic acids is 1. The third-order valence-corrected chi connectivity index (χ3v) is 19.5. The number of likely N-dealkylation sites (tertiary alicyclic amines) is 2. The number of rotatable bonds is 40. The van der Waals surface area contributed by atoms with E-state index in [1.165, 1.54) is 7.11 Å². The van der Waals surface area contributed by atoms with Crippen molar-refractivity contribution in [3.05, 3.63) is 65.7 Å². The highest BCUT2D eigenvalue weighted by atomic mass is 16.5. The zero-order valence-electron chi connectivity index (χ0n) is 59.3. The van der Waals surface area contributed by atoms with E-state index >= 15 is 0 Å². The average molecular weight is 1330 g/mol. The van der Waals surface area contributed by atoms with Crippen LogP contribution in [0.1, 0.15) is 164 Å². The molecule has 2 aromatic carbocycles. The maximum absolute atomic E-state index is 14.7. The minimum atomic E-state index is -0.974. The molecule has 0 aromatic heterocycles. The van der Waals surface area contributed by atoms with E-state index in [0.29, 0.717) is 56.3 Å². The van der Waals surface area contributed by atoms with E-state index < -0.39 is 89.5 Å². The Hall–Kier alpha value is -7.11. The van der Waals surface area contributed by atoms with E-state index in [1.807, 2.05) is 90.9 Å². The summed E-state index contributed by atoms with van der Waals surface area (Å²) in [4.78, 5) is 156. The second kappa shape index (κ2) is 39.2. The minimum Gasteiger partial charge on any atom is -0.481 e. The van der Waals surface area contributed by atoms with Gasteiger partial charge in [0, 0.05) is 115 Å². The van der Waals surface area contributed by atoms with Crippen molar-refractivity contribution in [2.75, 3.05) is 60.3 Å². The lowest BCUT2D eigenvalue weighted by molar-refractivity contribution is -0.149. The van der Waals surface area contributed by atoms with Crippen LogP contribution in [-0.2, 0) is 70.4 Å². The molecular weight excluding hydrogens is 1210 g/mol. The number of anilines is 1. The van der Waals surface area contributed by atoms with Gasteiger partial charge in [-0.2, -0.15) is 0 Å². The number of carboxylic acid groups (broad SMARTS) is 1. The van der Waals surface area contributed by atoms with E-state index in [-0.39, 0.29) is 142 Å². The standard InChI is InChI=1S/C72H113N9O14/c1-16-46(8)66(79(13)70(90)55(43(2)3)40-59(84)65(45(6)7)78(11)12)60(94-14)41-63(87)81-34-21-25-56(81)67(95-15)48(10)57(82)39-53(37-49-22-18-17-19-23-49)68(88)75-42-50-26-28-54(29-27-50)76-69(89)51(24-20-33-74-72(73)93)38-58(83)64(44(4)5)77-61(85)30-31-62(86)80-35-32-52(71(91)92)36-47(80)9/h17-19,22-23,26-29,43-48,51-53,55-56,60,64-67H,16,20-21,24-25,30-42H2,1-15H3,(H,75,88)(H,76,89)(H,77,85)(H,91,92)(H3,73,74,93)/t46-,47-,48-,51+,52-,53+,55-,56-,60+,64-,65-,66-,67+/m0/s1.